The second-order valence-electron chi connectivity index (χ2n) is 4.32. The first-order valence-electron chi connectivity index (χ1n) is 6.17. The zero-order chi connectivity index (χ0) is 14.8. The lowest BCUT2D eigenvalue weighted by atomic mass is 10.2. The molecule has 1 heterocycles. The summed E-state index contributed by atoms with van der Waals surface area (Å²) in [6.07, 6.45) is 0. The van der Waals surface area contributed by atoms with Gasteiger partial charge in [-0.3, -0.25) is 0 Å². The minimum atomic E-state index is -1.15. The van der Waals surface area contributed by atoms with Crippen molar-refractivity contribution in [3.05, 3.63) is 64.9 Å². The quantitative estimate of drug-likeness (QED) is 0.791. The molecule has 2 aromatic carbocycles. The average Bonchev–Trinajstić information content (AvgIpc) is 2.93. The van der Waals surface area contributed by atoms with E-state index in [4.69, 9.17) is 5.11 Å². The minimum absolute atomic E-state index is 0.228. The highest BCUT2D eigenvalue weighted by atomic mass is 79.9. The molecule has 0 radical (unpaired) electrons. The molecule has 3 aromatic rings. The number of nitrogens with zero attached hydrogens (tertiary/aromatic N) is 3. The third-order valence-corrected chi connectivity index (χ3v) is 3.38. The lowest BCUT2D eigenvalue weighted by Gasteiger charge is -2.06. The second-order valence-corrected chi connectivity index (χ2v) is 5.24. The number of carbonyl (C=O) groups is 1. The van der Waals surface area contributed by atoms with Crippen LogP contribution in [-0.4, -0.2) is 25.8 Å². The Morgan fingerprint density at radius 1 is 1.10 bits per heavy atom. The van der Waals surface area contributed by atoms with Crippen LogP contribution < -0.4 is 0 Å². The van der Waals surface area contributed by atoms with E-state index >= 15 is 0 Å². The molecule has 0 saturated heterocycles. The predicted molar refractivity (Wildman–Crippen MR) is 81.5 cm³/mol. The molecule has 21 heavy (non-hydrogen) atoms. The number of carboxylic acids is 1. The fourth-order valence-corrected chi connectivity index (χ4v) is 2.35. The van der Waals surface area contributed by atoms with Gasteiger partial charge in [-0.25, -0.2) is 14.5 Å². The van der Waals surface area contributed by atoms with E-state index in [0.29, 0.717) is 5.82 Å². The molecule has 0 saturated carbocycles. The summed E-state index contributed by atoms with van der Waals surface area (Å²) in [6.45, 7) is 0. The maximum Gasteiger partial charge on any atom is 0.375 e. The molecule has 0 spiro atoms. The standard InChI is InChI=1S/C15H10BrN3O2/c16-11-7-4-8-12(9-11)19-14(10-5-2-1-3-6-10)17-13(18-19)15(20)21/h1-9H,(H,20,21). The SMILES string of the molecule is O=C(O)c1nc(-c2ccccc2)n(-c2cccc(Br)c2)n1. The first-order valence-corrected chi connectivity index (χ1v) is 6.96. The molecular weight excluding hydrogens is 334 g/mol. The molecule has 0 aliphatic rings. The monoisotopic (exact) mass is 343 g/mol. The average molecular weight is 344 g/mol. The molecule has 0 unspecified atom stereocenters. The lowest BCUT2D eigenvalue weighted by Crippen LogP contribution is -2.02. The van der Waals surface area contributed by atoms with E-state index in [1.54, 1.807) is 0 Å². The molecule has 0 atom stereocenters. The van der Waals surface area contributed by atoms with Gasteiger partial charge in [0, 0.05) is 10.0 Å². The zero-order valence-corrected chi connectivity index (χ0v) is 12.4. The highest BCUT2D eigenvalue weighted by molar-refractivity contribution is 9.10. The molecule has 0 aliphatic heterocycles. The van der Waals surface area contributed by atoms with E-state index in [0.717, 1.165) is 15.7 Å². The zero-order valence-electron chi connectivity index (χ0n) is 10.8. The molecule has 3 rings (SSSR count). The molecule has 0 amide bonds. The van der Waals surface area contributed by atoms with Crippen LogP contribution in [-0.2, 0) is 0 Å². The number of rotatable bonds is 3. The minimum Gasteiger partial charge on any atom is -0.475 e. The van der Waals surface area contributed by atoms with Crippen molar-refractivity contribution in [1.29, 1.82) is 0 Å². The third kappa shape index (κ3) is 2.71. The molecule has 104 valence electrons. The van der Waals surface area contributed by atoms with Crippen molar-refractivity contribution in [1.82, 2.24) is 14.8 Å². The summed E-state index contributed by atoms with van der Waals surface area (Å²) in [5.74, 6) is -0.888. The summed E-state index contributed by atoms with van der Waals surface area (Å²) >= 11 is 3.40. The van der Waals surface area contributed by atoms with E-state index < -0.39 is 5.97 Å². The van der Waals surface area contributed by atoms with Crippen LogP contribution in [0.2, 0.25) is 0 Å². The third-order valence-electron chi connectivity index (χ3n) is 2.88. The molecule has 1 aromatic heterocycles. The van der Waals surface area contributed by atoms with Crippen molar-refractivity contribution in [2.45, 2.75) is 0 Å². The van der Waals surface area contributed by atoms with Crippen LogP contribution in [0.3, 0.4) is 0 Å². The molecule has 0 bridgehead atoms. The van der Waals surface area contributed by atoms with Gasteiger partial charge >= 0.3 is 5.97 Å². The Balaban J connectivity index is 2.21. The highest BCUT2D eigenvalue weighted by Gasteiger charge is 2.17. The number of hydrogen-bond donors (Lipinski definition) is 1. The fourth-order valence-electron chi connectivity index (χ4n) is 1.96. The Morgan fingerprint density at radius 2 is 1.86 bits per heavy atom. The number of aromatic nitrogens is 3. The van der Waals surface area contributed by atoms with Gasteiger partial charge in [-0.05, 0) is 18.2 Å². The van der Waals surface area contributed by atoms with Gasteiger partial charge in [-0.15, -0.1) is 5.10 Å². The van der Waals surface area contributed by atoms with E-state index in [-0.39, 0.29) is 5.82 Å². The number of carboxylic acid groups (broad SMARTS) is 1. The van der Waals surface area contributed by atoms with Gasteiger partial charge in [0.2, 0.25) is 0 Å². The maximum atomic E-state index is 11.1. The number of hydrogen-bond acceptors (Lipinski definition) is 3. The Labute approximate surface area is 129 Å². The lowest BCUT2D eigenvalue weighted by molar-refractivity contribution is 0.0683. The van der Waals surface area contributed by atoms with Gasteiger partial charge < -0.3 is 5.11 Å². The first kappa shape index (κ1) is 13.5. The normalized spacial score (nSPS) is 10.5. The van der Waals surface area contributed by atoms with Crippen LogP contribution in [0.1, 0.15) is 10.6 Å². The van der Waals surface area contributed by atoms with Crippen LogP contribution in [0.15, 0.2) is 59.1 Å². The summed E-state index contributed by atoms with van der Waals surface area (Å²) in [7, 11) is 0. The summed E-state index contributed by atoms with van der Waals surface area (Å²) in [6, 6.07) is 16.8. The van der Waals surface area contributed by atoms with Crippen LogP contribution in [0.5, 0.6) is 0 Å². The van der Waals surface area contributed by atoms with E-state index in [2.05, 4.69) is 26.0 Å². The molecule has 1 N–H and O–H groups in total. The molecular formula is C15H10BrN3O2. The summed E-state index contributed by atoms with van der Waals surface area (Å²) < 4.78 is 2.41. The molecule has 6 heteroatoms. The van der Waals surface area contributed by atoms with Crippen LogP contribution in [0.4, 0.5) is 0 Å². The van der Waals surface area contributed by atoms with Crippen molar-refractivity contribution >= 4 is 21.9 Å². The summed E-state index contributed by atoms with van der Waals surface area (Å²) in [5, 5.41) is 13.2. The van der Waals surface area contributed by atoms with Crippen molar-refractivity contribution in [3.8, 4) is 17.1 Å². The van der Waals surface area contributed by atoms with Crippen molar-refractivity contribution in [2.24, 2.45) is 0 Å². The molecule has 0 aliphatic carbocycles. The fraction of sp³-hybridized carbons (Fsp3) is 0. The van der Waals surface area contributed by atoms with E-state index in [9.17, 15) is 4.79 Å². The Bertz CT molecular complexity index is 800. The van der Waals surface area contributed by atoms with Crippen LogP contribution in [0.25, 0.3) is 17.1 Å². The van der Waals surface area contributed by atoms with Crippen molar-refractivity contribution in [2.75, 3.05) is 0 Å². The molecule has 0 fully saturated rings. The van der Waals surface area contributed by atoms with Gasteiger partial charge in [0.05, 0.1) is 5.69 Å². The number of aromatic carboxylic acids is 1. The highest BCUT2D eigenvalue weighted by Crippen LogP contribution is 2.22. The first-order chi connectivity index (χ1) is 10.1. The maximum absolute atomic E-state index is 11.1. The Morgan fingerprint density at radius 3 is 2.52 bits per heavy atom. The van der Waals surface area contributed by atoms with Crippen molar-refractivity contribution in [3.63, 3.8) is 0 Å². The molecule has 5 nitrogen and oxygen atoms in total. The van der Waals surface area contributed by atoms with E-state index in [1.165, 1.54) is 4.68 Å². The van der Waals surface area contributed by atoms with E-state index in [1.807, 2.05) is 54.6 Å². The smallest absolute Gasteiger partial charge is 0.375 e. The van der Waals surface area contributed by atoms with Gasteiger partial charge in [-0.2, -0.15) is 0 Å². The summed E-state index contributed by atoms with van der Waals surface area (Å²) in [4.78, 5) is 15.3. The topological polar surface area (TPSA) is 68.0 Å². The second kappa shape index (κ2) is 5.49. The number of halogens is 1. The van der Waals surface area contributed by atoms with Gasteiger partial charge in [0.1, 0.15) is 0 Å². The van der Waals surface area contributed by atoms with Gasteiger partial charge in [-0.1, -0.05) is 52.3 Å². The Kier molecular flexibility index (Phi) is 3.53. The number of benzene rings is 2. The Hall–Kier alpha value is -2.47. The predicted octanol–water partition coefficient (Wildman–Crippen LogP) is 3.40. The van der Waals surface area contributed by atoms with Crippen LogP contribution in [0, 0.1) is 0 Å². The van der Waals surface area contributed by atoms with Crippen LogP contribution >= 0.6 is 15.9 Å². The van der Waals surface area contributed by atoms with Gasteiger partial charge in [0.15, 0.2) is 5.82 Å². The van der Waals surface area contributed by atoms with Crippen molar-refractivity contribution < 1.29 is 9.90 Å². The summed E-state index contributed by atoms with van der Waals surface area (Å²) in [5.41, 5.74) is 1.54. The largest absolute Gasteiger partial charge is 0.475 e. The van der Waals surface area contributed by atoms with Gasteiger partial charge in [0.25, 0.3) is 5.82 Å².